The van der Waals surface area contributed by atoms with Crippen molar-refractivity contribution in [2.45, 2.75) is 25.7 Å². The maximum atomic E-state index is 13.3. The Morgan fingerprint density at radius 2 is 2.17 bits per heavy atom. The highest BCUT2D eigenvalue weighted by molar-refractivity contribution is 5.56. The first-order chi connectivity index (χ1) is 11.2. The predicted octanol–water partition coefficient (Wildman–Crippen LogP) is 3.07. The molecule has 0 atom stereocenters. The van der Waals surface area contributed by atoms with Crippen LogP contribution < -0.4 is 16.4 Å². The molecule has 4 N–H and O–H groups in total. The third-order valence-electron chi connectivity index (χ3n) is 3.82. The van der Waals surface area contributed by atoms with Crippen LogP contribution in [0.3, 0.4) is 0 Å². The summed E-state index contributed by atoms with van der Waals surface area (Å²) in [7, 11) is 0. The van der Waals surface area contributed by atoms with Crippen LogP contribution in [0.1, 0.15) is 24.8 Å². The number of benzene rings is 1. The topological polar surface area (TPSA) is 75.9 Å². The monoisotopic (exact) mass is 315 g/mol. The van der Waals surface area contributed by atoms with Crippen molar-refractivity contribution in [2.75, 3.05) is 23.7 Å². The number of hydrogen-bond donors (Lipinski definition) is 3. The first-order valence-electron chi connectivity index (χ1n) is 8.07. The molecule has 1 fully saturated rings. The van der Waals surface area contributed by atoms with E-state index in [1.54, 1.807) is 12.1 Å². The molecule has 1 heterocycles. The Labute approximate surface area is 135 Å². The highest BCUT2D eigenvalue weighted by Crippen LogP contribution is 2.34. The van der Waals surface area contributed by atoms with Crippen molar-refractivity contribution < 1.29 is 4.39 Å². The number of anilines is 3. The Morgan fingerprint density at radius 1 is 1.30 bits per heavy atom. The fourth-order valence-electron chi connectivity index (χ4n) is 2.41. The van der Waals surface area contributed by atoms with E-state index in [1.807, 2.05) is 6.20 Å². The molecule has 122 valence electrons. The van der Waals surface area contributed by atoms with Crippen LogP contribution in [0, 0.1) is 11.7 Å². The summed E-state index contributed by atoms with van der Waals surface area (Å²) >= 11 is 0. The zero-order chi connectivity index (χ0) is 16.1. The van der Waals surface area contributed by atoms with Crippen molar-refractivity contribution in [3.8, 4) is 0 Å². The maximum absolute atomic E-state index is 13.3. The molecule has 5 nitrogen and oxygen atoms in total. The van der Waals surface area contributed by atoms with Gasteiger partial charge in [-0.1, -0.05) is 6.07 Å². The third-order valence-corrected chi connectivity index (χ3v) is 3.82. The molecule has 0 radical (unpaired) electrons. The lowest BCUT2D eigenvalue weighted by molar-refractivity contribution is 0.628. The summed E-state index contributed by atoms with van der Waals surface area (Å²) in [6, 6.07) is 6.26. The molecule has 1 aliphatic rings. The van der Waals surface area contributed by atoms with Crippen molar-refractivity contribution in [1.29, 1.82) is 0 Å². The highest BCUT2D eigenvalue weighted by Gasteiger charge is 2.23. The van der Waals surface area contributed by atoms with Gasteiger partial charge in [0.05, 0.1) is 0 Å². The molecule has 2 aromatic rings. The zero-order valence-corrected chi connectivity index (χ0v) is 13.1. The molecule has 1 saturated carbocycles. The lowest BCUT2D eigenvalue weighted by Gasteiger charge is -2.12. The molecule has 1 aliphatic carbocycles. The van der Waals surface area contributed by atoms with Gasteiger partial charge in [-0.15, -0.1) is 0 Å². The van der Waals surface area contributed by atoms with Crippen LogP contribution in [-0.2, 0) is 6.42 Å². The van der Waals surface area contributed by atoms with E-state index in [9.17, 15) is 4.39 Å². The Morgan fingerprint density at radius 3 is 2.91 bits per heavy atom. The number of nitrogens with zero attached hydrogens (tertiary/aromatic N) is 2. The predicted molar refractivity (Wildman–Crippen MR) is 90.3 cm³/mol. The second-order valence-corrected chi connectivity index (χ2v) is 5.92. The smallest absolute Gasteiger partial charge is 0.229 e. The van der Waals surface area contributed by atoms with E-state index in [0.717, 1.165) is 36.7 Å². The minimum atomic E-state index is -0.290. The van der Waals surface area contributed by atoms with Crippen molar-refractivity contribution >= 4 is 17.5 Å². The van der Waals surface area contributed by atoms with Crippen molar-refractivity contribution in [1.82, 2.24) is 9.97 Å². The number of halogens is 1. The summed E-state index contributed by atoms with van der Waals surface area (Å²) < 4.78 is 13.3. The largest absolute Gasteiger partial charge is 0.370 e. The van der Waals surface area contributed by atoms with Crippen LogP contribution >= 0.6 is 0 Å². The van der Waals surface area contributed by atoms with E-state index in [2.05, 4.69) is 20.6 Å². The van der Waals surface area contributed by atoms with Crippen LogP contribution in [0.15, 0.2) is 30.5 Å². The van der Waals surface area contributed by atoms with Gasteiger partial charge in [-0.05, 0) is 56.3 Å². The fourth-order valence-corrected chi connectivity index (χ4v) is 2.41. The van der Waals surface area contributed by atoms with Gasteiger partial charge >= 0.3 is 0 Å². The number of rotatable bonds is 8. The number of hydrogen-bond acceptors (Lipinski definition) is 5. The first kappa shape index (κ1) is 15.7. The molecule has 6 heteroatoms. The van der Waals surface area contributed by atoms with Crippen LogP contribution in [0.2, 0.25) is 0 Å². The van der Waals surface area contributed by atoms with Gasteiger partial charge in [0.2, 0.25) is 5.95 Å². The molecule has 1 aromatic heterocycles. The summed E-state index contributed by atoms with van der Waals surface area (Å²) in [6.07, 6.45) is 6.32. The third kappa shape index (κ3) is 4.63. The van der Waals surface area contributed by atoms with E-state index in [4.69, 9.17) is 5.73 Å². The quantitative estimate of drug-likeness (QED) is 0.653. The van der Waals surface area contributed by atoms with Crippen LogP contribution in [0.4, 0.5) is 21.8 Å². The summed E-state index contributed by atoms with van der Waals surface area (Å²) in [5, 5.41) is 6.38. The lowest BCUT2D eigenvalue weighted by Crippen LogP contribution is -2.12. The minimum Gasteiger partial charge on any atom is -0.370 e. The SMILES string of the molecule is NCCCNc1nc(Nc2cccc(F)c2)ncc1CC1CC1. The average molecular weight is 315 g/mol. The molecule has 0 unspecified atom stereocenters. The van der Waals surface area contributed by atoms with E-state index in [1.165, 1.54) is 25.0 Å². The fraction of sp³-hybridized carbons (Fsp3) is 0.412. The molecule has 1 aromatic carbocycles. The molecule has 0 saturated heterocycles. The zero-order valence-electron chi connectivity index (χ0n) is 13.1. The summed E-state index contributed by atoms with van der Waals surface area (Å²) in [5.74, 6) is 1.78. The summed E-state index contributed by atoms with van der Waals surface area (Å²) in [6.45, 7) is 1.43. The Hall–Kier alpha value is -2.21. The summed E-state index contributed by atoms with van der Waals surface area (Å²) in [4.78, 5) is 8.92. The first-order valence-corrected chi connectivity index (χ1v) is 8.07. The van der Waals surface area contributed by atoms with Gasteiger partial charge in [-0.2, -0.15) is 4.98 Å². The minimum absolute atomic E-state index is 0.290. The second kappa shape index (κ2) is 7.37. The Kier molecular flexibility index (Phi) is 5.02. The second-order valence-electron chi connectivity index (χ2n) is 5.92. The van der Waals surface area contributed by atoms with Gasteiger partial charge in [0.1, 0.15) is 11.6 Å². The lowest BCUT2D eigenvalue weighted by atomic mass is 10.1. The maximum Gasteiger partial charge on any atom is 0.229 e. The van der Waals surface area contributed by atoms with Crippen LogP contribution in [0.25, 0.3) is 0 Å². The normalized spacial score (nSPS) is 13.8. The van der Waals surface area contributed by atoms with E-state index < -0.39 is 0 Å². The average Bonchev–Trinajstić information content (AvgIpc) is 3.34. The van der Waals surface area contributed by atoms with Crippen molar-refractivity contribution in [2.24, 2.45) is 11.7 Å². The number of nitrogens with one attached hydrogen (secondary N) is 2. The molecule has 0 aliphatic heterocycles. The van der Waals surface area contributed by atoms with Gasteiger partial charge in [-0.3, -0.25) is 0 Å². The molecule has 0 amide bonds. The van der Waals surface area contributed by atoms with Gasteiger partial charge in [0, 0.05) is 24.0 Å². The molecule has 23 heavy (non-hydrogen) atoms. The molecule has 3 rings (SSSR count). The van der Waals surface area contributed by atoms with Gasteiger partial charge in [0.15, 0.2) is 0 Å². The number of nitrogens with two attached hydrogens (primary N) is 1. The standard InChI is InChI=1S/C17H22FN5/c18-14-3-1-4-15(10-14)22-17-21-11-13(9-12-5-6-12)16(23-17)20-8-2-7-19/h1,3-4,10-12H,2,5-9,19H2,(H2,20,21,22,23). The Bertz CT molecular complexity index is 657. The van der Waals surface area contributed by atoms with Crippen LogP contribution in [0.5, 0.6) is 0 Å². The van der Waals surface area contributed by atoms with Crippen molar-refractivity contribution in [3.05, 3.63) is 41.8 Å². The van der Waals surface area contributed by atoms with Gasteiger partial charge in [-0.25, -0.2) is 9.37 Å². The molecular formula is C17H22FN5. The van der Waals surface area contributed by atoms with Crippen molar-refractivity contribution in [3.63, 3.8) is 0 Å². The van der Waals surface area contributed by atoms with E-state index >= 15 is 0 Å². The highest BCUT2D eigenvalue weighted by atomic mass is 19.1. The summed E-state index contributed by atoms with van der Waals surface area (Å²) in [5.41, 5.74) is 7.31. The van der Waals surface area contributed by atoms with E-state index in [0.29, 0.717) is 18.2 Å². The molecule has 0 bridgehead atoms. The van der Waals surface area contributed by atoms with Gasteiger partial charge < -0.3 is 16.4 Å². The molecular weight excluding hydrogens is 293 g/mol. The Balaban J connectivity index is 1.75. The van der Waals surface area contributed by atoms with Crippen LogP contribution in [-0.4, -0.2) is 23.1 Å². The number of aromatic nitrogens is 2. The molecule has 0 spiro atoms. The van der Waals surface area contributed by atoms with Gasteiger partial charge in [0.25, 0.3) is 0 Å². The van der Waals surface area contributed by atoms with E-state index in [-0.39, 0.29) is 5.82 Å².